The quantitative estimate of drug-likeness (QED) is 0.166. The van der Waals surface area contributed by atoms with Crippen molar-refractivity contribution in [1.82, 2.24) is 10.2 Å². The molecule has 0 aliphatic carbocycles. The van der Waals surface area contributed by atoms with E-state index in [1.807, 2.05) is 0 Å². The van der Waals surface area contributed by atoms with Crippen LogP contribution in [0.4, 0.5) is 0 Å². The molecule has 0 saturated carbocycles. The highest BCUT2D eigenvalue weighted by Crippen LogP contribution is 2.20. The molecule has 35 heavy (non-hydrogen) atoms. The summed E-state index contributed by atoms with van der Waals surface area (Å²) in [6.07, 6.45) is 19.9. The molecule has 204 valence electrons. The molecular weight excluding hydrogens is 444 g/mol. The van der Waals surface area contributed by atoms with Crippen LogP contribution in [0.25, 0.3) is 0 Å². The summed E-state index contributed by atoms with van der Waals surface area (Å²) in [6, 6.07) is -1.99. The number of hydrogen-bond acceptors (Lipinski definition) is 5. The van der Waals surface area contributed by atoms with Gasteiger partial charge in [-0.05, 0) is 26.2 Å². The molecule has 1 rings (SSSR count). The average Bonchev–Trinajstić information content (AvgIpc) is 3.37. The van der Waals surface area contributed by atoms with Crippen LogP contribution in [0.2, 0.25) is 1.41 Å². The number of nitrogens with one attached hydrogen (secondary N) is 1. The minimum absolute atomic E-state index is 0.187. The lowest BCUT2D eigenvalue weighted by Gasteiger charge is -2.27. The van der Waals surface area contributed by atoms with Gasteiger partial charge in [-0.3, -0.25) is 9.59 Å². The van der Waals surface area contributed by atoms with Gasteiger partial charge in [0.15, 0.2) is 1.41 Å². The molecule has 0 radical (unpaired) electrons. The van der Waals surface area contributed by atoms with Crippen molar-refractivity contribution >= 4 is 17.8 Å². The fraction of sp³-hybridized carbons (Fsp3) is 0.893. The van der Waals surface area contributed by atoms with E-state index in [4.69, 9.17) is 6.15 Å². The number of aliphatic hydroxyl groups is 1. The van der Waals surface area contributed by atoms with E-state index in [2.05, 4.69) is 6.92 Å². The Bertz CT molecular complexity index is 619. The Balaban J connectivity index is 2.16. The molecule has 2 amide bonds. The van der Waals surface area contributed by atoms with Gasteiger partial charge in [-0.15, -0.1) is 0 Å². The van der Waals surface area contributed by atoms with Crippen molar-refractivity contribution in [2.75, 3.05) is 19.8 Å². The molecule has 0 aromatic carbocycles. The maximum Gasteiger partial charge on any atom is 0.328 e. The van der Waals surface area contributed by atoms with E-state index in [9.17, 15) is 19.5 Å². The van der Waals surface area contributed by atoms with Gasteiger partial charge >= 0.3 is 5.97 Å². The number of unbranched alkanes of at least 4 members (excludes halogenated alkanes) is 14. The highest BCUT2D eigenvalue weighted by Gasteiger charge is 2.38. The Morgan fingerprint density at radius 3 is 1.91 bits per heavy atom. The summed E-state index contributed by atoms with van der Waals surface area (Å²) >= 11 is 0. The Morgan fingerprint density at radius 1 is 0.914 bits per heavy atom. The van der Waals surface area contributed by atoms with Crippen LogP contribution in [0.5, 0.6) is 0 Å². The number of amides is 2. The minimum Gasteiger partial charge on any atom is -0.464 e. The number of rotatable bonds is 21. The van der Waals surface area contributed by atoms with E-state index in [0.717, 1.165) is 19.3 Å². The van der Waals surface area contributed by atoms with Gasteiger partial charge in [0.1, 0.15) is 12.1 Å². The number of likely N-dealkylation sites (tertiary alicyclic amines) is 1. The first-order chi connectivity index (χ1) is 17.5. The van der Waals surface area contributed by atoms with Crippen LogP contribution in [-0.4, -0.2) is 59.6 Å². The molecule has 1 aliphatic rings. The Morgan fingerprint density at radius 2 is 1.43 bits per heavy atom. The van der Waals surface area contributed by atoms with Crippen LogP contribution < -0.4 is 5.31 Å². The predicted octanol–water partition coefficient (Wildman–Crippen LogP) is 5.28. The molecule has 1 saturated heterocycles. The van der Waals surface area contributed by atoms with Crippen LogP contribution in [0.1, 0.15) is 129 Å². The molecule has 2 N–H and O–H groups in total. The molecule has 0 aromatic rings. The highest BCUT2D eigenvalue weighted by atomic mass is 16.5. The summed E-state index contributed by atoms with van der Waals surface area (Å²) in [5.74, 6) is -1.50. The fourth-order valence-electron chi connectivity index (χ4n) is 4.77. The maximum absolute atomic E-state index is 12.9. The summed E-state index contributed by atoms with van der Waals surface area (Å²) < 4.78 is 13.2. The zero-order valence-electron chi connectivity index (χ0n) is 23.5. The molecule has 0 bridgehead atoms. The van der Waals surface area contributed by atoms with Gasteiger partial charge in [0.2, 0.25) is 11.8 Å². The van der Waals surface area contributed by atoms with E-state index in [1.54, 1.807) is 6.92 Å². The lowest BCUT2D eigenvalue weighted by atomic mass is 10.0. The zero-order chi connectivity index (χ0) is 26.6. The van der Waals surface area contributed by atoms with E-state index in [1.165, 1.54) is 75.5 Å². The van der Waals surface area contributed by atoms with Gasteiger partial charge in [0, 0.05) is 13.0 Å². The number of esters is 1. The monoisotopic (exact) mass is 497 g/mol. The smallest absolute Gasteiger partial charge is 0.328 e. The molecule has 1 heterocycles. The second-order valence-corrected chi connectivity index (χ2v) is 9.86. The topological polar surface area (TPSA) is 95.9 Å². The van der Waals surface area contributed by atoms with E-state index in [0.29, 0.717) is 31.1 Å². The fourth-order valence-corrected chi connectivity index (χ4v) is 4.77. The Labute approximate surface area is 215 Å². The average molecular weight is 498 g/mol. The van der Waals surface area contributed by atoms with Crippen molar-refractivity contribution in [2.45, 2.75) is 142 Å². The summed E-state index contributed by atoms with van der Waals surface area (Å²) in [7, 11) is 0. The van der Waals surface area contributed by atoms with E-state index < -0.39 is 36.5 Å². The Kier molecular flexibility index (Phi) is 17.4. The summed E-state index contributed by atoms with van der Waals surface area (Å²) in [4.78, 5) is 38.9. The van der Waals surface area contributed by atoms with Crippen molar-refractivity contribution in [3.63, 3.8) is 0 Å². The number of ether oxygens (including phenoxy) is 1. The largest absolute Gasteiger partial charge is 0.464 e. The predicted molar refractivity (Wildman–Crippen MR) is 140 cm³/mol. The second-order valence-electron chi connectivity index (χ2n) is 9.86. The van der Waals surface area contributed by atoms with Gasteiger partial charge in [0.05, 0.1) is 13.2 Å². The third-order valence-electron chi connectivity index (χ3n) is 6.85. The highest BCUT2D eigenvalue weighted by molar-refractivity contribution is 5.91. The minimum atomic E-state index is -1.29. The van der Waals surface area contributed by atoms with Gasteiger partial charge in [0.25, 0.3) is 0 Å². The van der Waals surface area contributed by atoms with Crippen LogP contribution in [0, 0.1) is 0 Å². The summed E-state index contributed by atoms with van der Waals surface area (Å²) in [5, 5.41) is 10.3. The van der Waals surface area contributed by atoms with E-state index in [-0.39, 0.29) is 13.0 Å². The van der Waals surface area contributed by atoms with Crippen molar-refractivity contribution < 1.29 is 25.6 Å². The molecule has 0 spiro atoms. The van der Waals surface area contributed by atoms with Gasteiger partial charge in [-0.2, -0.15) is 0 Å². The maximum atomic E-state index is 12.9. The first-order valence-electron chi connectivity index (χ1n) is 14.8. The summed E-state index contributed by atoms with van der Waals surface area (Å²) in [5.41, 5.74) is 0. The molecule has 2 atom stereocenters. The van der Waals surface area contributed by atoms with Crippen molar-refractivity contribution in [2.24, 2.45) is 0 Å². The third-order valence-corrected chi connectivity index (χ3v) is 6.85. The van der Waals surface area contributed by atoms with Crippen molar-refractivity contribution in [3.05, 3.63) is 0 Å². The number of carbonyl (C=O) groups is 3. The zero-order valence-corrected chi connectivity index (χ0v) is 22.5. The lowest BCUT2D eigenvalue weighted by Crippen LogP contribution is -2.53. The van der Waals surface area contributed by atoms with E-state index >= 15 is 0 Å². The second kappa shape index (κ2) is 20.6. The molecule has 1 fully saturated rings. The molecule has 0 aromatic heterocycles. The third kappa shape index (κ3) is 13.9. The van der Waals surface area contributed by atoms with Crippen LogP contribution in [0.15, 0.2) is 0 Å². The molecule has 1 aliphatic heterocycles. The van der Waals surface area contributed by atoms with Gasteiger partial charge in [-0.25, -0.2) is 4.79 Å². The first kappa shape index (κ1) is 29.6. The molecular formula is C28H52N2O5. The lowest BCUT2D eigenvalue weighted by molar-refractivity contribution is -0.154. The summed E-state index contributed by atoms with van der Waals surface area (Å²) in [6.45, 7) is 3.91. The van der Waals surface area contributed by atoms with Crippen molar-refractivity contribution in [3.8, 4) is 0 Å². The van der Waals surface area contributed by atoms with Crippen LogP contribution >= 0.6 is 0 Å². The van der Waals surface area contributed by atoms with Gasteiger partial charge in [-0.1, -0.05) is 96.8 Å². The number of aliphatic hydroxyl groups excluding tert-OH is 1. The number of carbonyl (C=O) groups excluding carboxylic acids is 3. The van der Waals surface area contributed by atoms with Crippen molar-refractivity contribution in [1.29, 1.82) is 0 Å². The van der Waals surface area contributed by atoms with Crippen LogP contribution in [0.3, 0.4) is 0 Å². The molecule has 0 unspecified atom stereocenters. The molecule has 7 heteroatoms. The van der Waals surface area contributed by atoms with Crippen LogP contribution in [-0.2, 0) is 19.1 Å². The number of hydrogen-bond donors (Lipinski definition) is 2. The van der Waals surface area contributed by atoms with Gasteiger partial charge < -0.3 is 20.1 Å². The Hall–Kier alpha value is -1.63. The normalized spacial score (nSPS) is 16.7. The molecule has 7 nitrogen and oxygen atoms in total. The number of nitrogens with zero attached hydrogens (tertiary/aromatic N) is 1. The SMILES string of the molecule is [2H]N(C(=O)CCCCCCCCCCCCCCCCC)[C@@H](CO)C(=O)N1CCC[C@H]1C(=O)OCC. The first-order valence-corrected chi connectivity index (χ1v) is 14.4. The standard InChI is InChI=1S/C28H52N2O5/c1-3-5-6-7-8-9-10-11-12-13-14-15-16-17-18-21-26(32)29-24(23-31)27(33)30-22-19-20-25(30)28(34)35-4-2/h24-25,31H,3-23H2,1-2H3,(H,29,32)/t24-,25-/m0/s1/i/hD.